The van der Waals surface area contributed by atoms with Crippen molar-refractivity contribution in [3.05, 3.63) is 87.7 Å². The molecule has 0 bridgehead atoms. The fourth-order valence-electron chi connectivity index (χ4n) is 2.90. The highest BCUT2D eigenvalue weighted by molar-refractivity contribution is 5.58. The highest BCUT2D eigenvalue weighted by atomic mass is 19.1. The van der Waals surface area contributed by atoms with Gasteiger partial charge in [0.25, 0.3) is 5.78 Å². The molecule has 4 aromatic rings. The van der Waals surface area contributed by atoms with Crippen molar-refractivity contribution in [1.82, 2.24) is 19.2 Å². The van der Waals surface area contributed by atoms with Crippen LogP contribution in [0.2, 0.25) is 0 Å². The molecular formula is C19H14F3N5O. The molecule has 2 aromatic carbocycles. The molecule has 0 unspecified atom stereocenters. The third-order valence-corrected chi connectivity index (χ3v) is 4.11. The fraction of sp³-hybridized carbons (Fsp3) is 0.105. The number of anilines is 2. The first-order valence-electron chi connectivity index (χ1n) is 8.34. The number of hydrogen-bond donors (Lipinski definition) is 1. The van der Waals surface area contributed by atoms with Crippen LogP contribution in [0.1, 0.15) is 11.3 Å². The minimum absolute atomic E-state index is 0.100. The van der Waals surface area contributed by atoms with E-state index in [-0.39, 0.29) is 23.7 Å². The van der Waals surface area contributed by atoms with Gasteiger partial charge in [-0.1, -0.05) is 0 Å². The van der Waals surface area contributed by atoms with Crippen molar-refractivity contribution in [2.24, 2.45) is 0 Å². The third kappa shape index (κ3) is 3.46. The molecule has 6 nitrogen and oxygen atoms in total. The molecular weight excluding hydrogens is 371 g/mol. The van der Waals surface area contributed by atoms with E-state index >= 15 is 0 Å². The number of nitrogens with one attached hydrogen (secondary N) is 1. The second kappa shape index (κ2) is 6.84. The lowest BCUT2D eigenvalue weighted by atomic mass is 10.2. The predicted molar refractivity (Wildman–Crippen MR) is 97.1 cm³/mol. The summed E-state index contributed by atoms with van der Waals surface area (Å²) in [6.07, 6.45) is 0. The molecule has 4 rings (SSSR count). The van der Waals surface area contributed by atoms with E-state index in [0.29, 0.717) is 17.2 Å². The SMILES string of the molecule is Cc1cc(Nc2ccc(F)cc2)nc2nn(Cc3cc(F)cc(F)c3)c(=O)n12. The van der Waals surface area contributed by atoms with Crippen molar-refractivity contribution in [3.63, 3.8) is 0 Å². The maximum Gasteiger partial charge on any atom is 0.352 e. The molecule has 0 aliphatic heterocycles. The van der Waals surface area contributed by atoms with Crippen molar-refractivity contribution in [2.45, 2.75) is 13.5 Å². The van der Waals surface area contributed by atoms with Crippen molar-refractivity contribution in [1.29, 1.82) is 0 Å². The Hall–Kier alpha value is -3.62. The van der Waals surface area contributed by atoms with Crippen molar-refractivity contribution in [3.8, 4) is 0 Å². The molecule has 2 aromatic heterocycles. The lowest BCUT2D eigenvalue weighted by Gasteiger charge is -2.06. The summed E-state index contributed by atoms with van der Waals surface area (Å²) in [5.74, 6) is -1.26. The maximum atomic E-state index is 13.4. The molecule has 9 heteroatoms. The lowest BCUT2D eigenvalue weighted by molar-refractivity contribution is 0.572. The quantitative estimate of drug-likeness (QED) is 0.585. The Morgan fingerprint density at radius 2 is 1.64 bits per heavy atom. The molecule has 2 heterocycles. The minimum atomic E-state index is -0.730. The first-order valence-corrected chi connectivity index (χ1v) is 8.34. The van der Waals surface area contributed by atoms with Crippen LogP contribution in [0.3, 0.4) is 0 Å². The van der Waals surface area contributed by atoms with Crippen molar-refractivity contribution < 1.29 is 13.2 Å². The van der Waals surface area contributed by atoms with Gasteiger partial charge in [-0.2, -0.15) is 4.98 Å². The summed E-state index contributed by atoms with van der Waals surface area (Å²) < 4.78 is 42.2. The van der Waals surface area contributed by atoms with Crippen LogP contribution < -0.4 is 11.0 Å². The van der Waals surface area contributed by atoms with Crippen LogP contribution in [0, 0.1) is 24.4 Å². The van der Waals surface area contributed by atoms with Gasteiger partial charge in [-0.25, -0.2) is 27.0 Å². The minimum Gasteiger partial charge on any atom is -0.340 e. The van der Waals surface area contributed by atoms with Gasteiger partial charge in [-0.05, 0) is 48.9 Å². The van der Waals surface area contributed by atoms with Gasteiger partial charge in [0.05, 0.1) is 6.54 Å². The number of fused-ring (bicyclic) bond motifs is 1. The molecule has 0 radical (unpaired) electrons. The molecule has 1 N–H and O–H groups in total. The van der Waals surface area contributed by atoms with Crippen LogP contribution in [0.25, 0.3) is 5.78 Å². The molecule has 0 aliphatic carbocycles. The van der Waals surface area contributed by atoms with E-state index in [1.54, 1.807) is 25.1 Å². The van der Waals surface area contributed by atoms with E-state index in [1.807, 2.05) is 0 Å². The van der Waals surface area contributed by atoms with Crippen molar-refractivity contribution >= 4 is 17.3 Å². The lowest BCUT2D eigenvalue weighted by Crippen LogP contribution is -2.23. The van der Waals surface area contributed by atoms with E-state index in [1.165, 1.54) is 16.5 Å². The van der Waals surface area contributed by atoms with Crippen LogP contribution in [0.4, 0.5) is 24.7 Å². The van der Waals surface area contributed by atoms with E-state index < -0.39 is 17.3 Å². The van der Waals surface area contributed by atoms with Crippen LogP contribution in [0.15, 0.2) is 53.3 Å². The molecule has 0 saturated heterocycles. The highest BCUT2D eigenvalue weighted by Gasteiger charge is 2.13. The smallest absolute Gasteiger partial charge is 0.340 e. The zero-order valence-corrected chi connectivity index (χ0v) is 14.7. The molecule has 142 valence electrons. The number of benzene rings is 2. The monoisotopic (exact) mass is 385 g/mol. The molecule has 0 atom stereocenters. The number of hydrogen-bond acceptors (Lipinski definition) is 4. The Morgan fingerprint density at radius 1 is 0.964 bits per heavy atom. The number of halogens is 3. The van der Waals surface area contributed by atoms with Gasteiger partial charge in [0.15, 0.2) is 0 Å². The summed E-state index contributed by atoms with van der Waals surface area (Å²) in [5.41, 5.74) is 0.981. The Bertz CT molecular complexity index is 1210. The average Bonchev–Trinajstić information content (AvgIpc) is 2.92. The Kier molecular flexibility index (Phi) is 4.34. The largest absolute Gasteiger partial charge is 0.352 e. The summed E-state index contributed by atoms with van der Waals surface area (Å²) in [6, 6.07) is 10.4. The van der Waals surface area contributed by atoms with Gasteiger partial charge < -0.3 is 5.32 Å². The van der Waals surface area contributed by atoms with E-state index in [4.69, 9.17) is 0 Å². The Balaban J connectivity index is 1.70. The molecule has 0 fully saturated rings. The normalized spacial score (nSPS) is 11.1. The van der Waals surface area contributed by atoms with Gasteiger partial charge in [-0.15, -0.1) is 5.10 Å². The number of aryl methyl sites for hydroxylation is 1. The first kappa shape index (κ1) is 17.8. The van der Waals surface area contributed by atoms with E-state index in [9.17, 15) is 18.0 Å². The van der Waals surface area contributed by atoms with E-state index in [2.05, 4.69) is 15.4 Å². The highest BCUT2D eigenvalue weighted by Crippen LogP contribution is 2.17. The van der Waals surface area contributed by atoms with Gasteiger partial charge >= 0.3 is 5.69 Å². The summed E-state index contributed by atoms with van der Waals surface area (Å²) in [5, 5.41) is 7.17. The Labute approximate surface area is 156 Å². The summed E-state index contributed by atoms with van der Waals surface area (Å²) >= 11 is 0. The van der Waals surface area contributed by atoms with Gasteiger partial charge in [-0.3, -0.25) is 0 Å². The first-order chi connectivity index (χ1) is 13.4. The fourth-order valence-corrected chi connectivity index (χ4v) is 2.90. The standard InChI is InChI=1S/C19H14F3N5O/c1-11-6-17(23-16-4-2-13(20)3-5-16)24-18-25-26(19(28)27(11)18)10-12-7-14(21)9-15(22)8-12/h2-9H,10H2,1H3,(H,23,24,25). The second-order valence-electron chi connectivity index (χ2n) is 6.27. The zero-order valence-electron chi connectivity index (χ0n) is 14.7. The van der Waals surface area contributed by atoms with Gasteiger partial charge in [0.1, 0.15) is 23.3 Å². The summed E-state index contributed by atoms with van der Waals surface area (Å²) in [4.78, 5) is 16.9. The zero-order chi connectivity index (χ0) is 19.8. The topological polar surface area (TPSA) is 64.2 Å². The van der Waals surface area contributed by atoms with Gasteiger partial charge in [0, 0.05) is 23.5 Å². The summed E-state index contributed by atoms with van der Waals surface area (Å²) in [6.45, 7) is 1.61. The second-order valence-corrected chi connectivity index (χ2v) is 6.27. The average molecular weight is 385 g/mol. The number of nitrogens with zero attached hydrogens (tertiary/aromatic N) is 4. The summed E-state index contributed by atoms with van der Waals surface area (Å²) in [7, 11) is 0. The Morgan fingerprint density at radius 3 is 2.32 bits per heavy atom. The molecule has 28 heavy (non-hydrogen) atoms. The third-order valence-electron chi connectivity index (χ3n) is 4.11. The maximum absolute atomic E-state index is 13.4. The van der Waals surface area contributed by atoms with Crippen LogP contribution in [-0.4, -0.2) is 19.2 Å². The number of aromatic nitrogens is 4. The predicted octanol–water partition coefficient (Wildman–Crippen LogP) is 3.41. The van der Waals surface area contributed by atoms with Crippen LogP contribution in [0.5, 0.6) is 0 Å². The van der Waals surface area contributed by atoms with Crippen LogP contribution >= 0.6 is 0 Å². The molecule has 0 aliphatic rings. The van der Waals surface area contributed by atoms with E-state index in [0.717, 1.165) is 22.9 Å². The number of rotatable bonds is 4. The molecule has 0 saturated carbocycles. The van der Waals surface area contributed by atoms with Crippen LogP contribution in [-0.2, 0) is 6.54 Å². The molecule has 0 amide bonds. The van der Waals surface area contributed by atoms with Gasteiger partial charge in [0.2, 0.25) is 0 Å². The molecule has 0 spiro atoms. The van der Waals surface area contributed by atoms with Crippen molar-refractivity contribution in [2.75, 3.05) is 5.32 Å².